The van der Waals surface area contributed by atoms with Crippen LogP contribution in [0.2, 0.25) is 0 Å². The molecule has 0 fully saturated rings. The Morgan fingerprint density at radius 3 is 2.62 bits per heavy atom. The summed E-state index contributed by atoms with van der Waals surface area (Å²) in [6.07, 6.45) is 8.59. The summed E-state index contributed by atoms with van der Waals surface area (Å²) in [5, 5.41) is 0. The molecule has 0 rings (SSSR count). The van der Waals surface area contributed by atoms with Gasteiger partial charge in [0, 0.05) is 12.3 Å². The average Bonchev–Trinajstić information content (AvgIpc) is 2.16. The Morgan fingerprint density at radius 1 is 1.31 bits per heavy atom. The molecule has 0 saturated carbocycles. The molecule has 0 aromatic carbocycles. The second-order valence-electron chi connectivity index (χ2n) is 2.77. The predicted octanol–water partition coefficient (Wildman–Crippen LogP) is 2.90. The number of carbonyl (C=O) groups excluding carboxylic acids is 1. The van der Waals surface area contributed by atoms with Gasteiger partial charge in [-0.3, -0.25) is 4.79 Å². The standard InChI is InChI=1S/C10H17ClO2/c1-13-10(12)8-6-4-2-3-5-7-9-11/h2,4H,3,5-9H2,1H3/b4-2+. The molecule has 0 radical (unpaired) electrons. The molecule has 0 aliphatic carbocycles. The molecule has 0 aliphatic heterocycles. The Kier molecular flexibility index (Phi) is 9.22. The van der Waals surface area contributed by atoms with E-state index in [1.165, 1.54) is 7.11 Å². The van der Waals surface area contributed by atoms with E-state index in [0.717, 1.165) is 31.6 Å². The summed E-state index contributed by atoms with van der Waals surface area (Å²) in [6.45, 7) is 0. The summed E-state index contributed by atoms with van der Waals surface area (Å²) in [5.74, 6) is 0.584. The third-order valence-corrected chi connectivity index (χ3v) is 1.93. The Labute approximate surface area is 84.9 Å². The van der Waals surface area contributed by atoms with Crippen LogP contribution in [0.1, 0.15) is 32.1 Å². The number of hydrogen-bond acceptors (Lipinski definition) is 2. The maximum absolute atomic E-state index is 10.7. The quantitative estimate of drug-likeness (QED) is 0.276. The van der Waals surface area contributed by atoms with Gasteiger partial charge in [0.15, 0.2) is 0 Å². The average molecular weight is 205 g/mol. The van der Waals surface area contributed by atoms with E-state index in [9.17, 15) is 4.79 Å². The first-order valence-electron chi connectivity index (χ1n) is 4.59. The van der Waals surface area contributed by atoms with E-state index in [2.05, 4.69) is 10.8 Å². The smallest absolute Gasteiger partial charge is 0.305 e. The Morgan fingerprint density at radius 2 is 2.00 bits per heavy atom. The molecule has 0 bridgehead atoms. The summed E-state index contributed by atoms with van der Waals surface area (Å²) in [4.78, 5) is 10.7. The molecule has 0 heterocycles. The lowest BCUT2D eigenvalue weighted by atomic mass is 10.2. The van der Waals surface area contributed by atoms with Crippen LogP contribution < -0.4 is 0 Å². The van der Waals surface area contributed by atoms with E-state index in [1.54, 1.807) is 0 Å². The van der Waals surface area contributed by atoms with Crippen LogP contribution in [0.15, 0.2) is 12.2 Å². The summed E-state index contributed by atoms with van der Waals surface area (Å²) in [7, 11) is 1.41. The van der Waals surface area contributed by atoms with E-state index in [0.29, 0.717) is 6.42 Å². The van der Waals surface area contributed by atoms with E-state index in [1.807, 2.05) is 6.08 Å². The minimum Gasteiger partial charge on any atom is -0.469 e. The molecular formula is C10H17ClO2. The number of alkyl halides is 1. The van der Waals surface area contributed by atoms with Crippen molar-refractivity contribution < 1.29 is 9.53 Å². The topological polar surface area (TPSA) is 26.3 Å². The van der Waals surface area contributed by atoms with Crippen molar-refractivity contribution in [1.29, 1.82) is 0 Å². The Balaban J connectivity index is 3.17. The summed E-state index contributed by atoms with van der Waals surface area (Å²) < 4.78 is 4.51. The minimum absolute atomic E-state index is 0.148. The number of methoxy groups -OCH3 is 1. The molecule has 0 unspecified atom stereocenters. The van der Waals surface area contributed by atoms with E-state index in [4.69, 9.17) is 11.6 Å². The third-order valence-electron chi connectivity index (χ3n) is 1.66. The van der Waals surface area contributed by atoms with Gasteiger partial charge in [-0.1, -0.05) is 12.2 Å². The highest BCUT2D eigenvalue weighted by Gasteiger charge is 1.95. The molecule has 76 valence electrons. The first-order valence-corrected chi connectivity index (χ1v) is 5.12. The van der Waals surface area contributed by atoms with Crippen LogP contribution in [-0.2, 0) is 9.53 Å². The van der Waals surface area contributed by atoms with Crippen LogP contribution in [-0.4, -0.2) is 19.0 Å². The molecule has 13 heavy (non-hydrogen) atoms. The van der Waals surface area contributed by atoms with Crippen LogP contribution >= 0.6 is 11.6 Å². The first-order chi connectivity index (χ1) is 6.31. The lowest BCUT2D eigenvalue weighted by Crippen LogP contribution is -1.97. The monoisotopic (exact) mass is 204 g/mol. The number of carbonyl (C=O) groups is 1. The second kappa shape index (κ2) is 9.59. The van der Waals surface area contributed by atoms with Gasteiger partial charge in [-0.15, -0.1) is 11.6 Å². The fourth-order valence-electron chi connectivity index (χ4n) is 0.896. The molecule has 2 nitrogen and oxygen atoms in total. The lowest BCUT2D eigenvalue weighted by Gasteiger charge is -1.94. The van der Waals surface area contributed by atoms with E-state index >= 15 is 0 Å². The van der Waals surface area contributed by atoms with Gasteiger partial charge in [-0.25, -0.2) is 0 Å². The third kappa shape index (κ3) is 9.41. The molecule has 0 aromatic rings. The summed E-state index contributed by atoms with van der Waals surface area (Å²) >= 11 is 5.52. The number of halogens is 1. The van der Waals surface area contributed by atoms with E-state index in [-0.39, 0.29) is 5.97 Å². The SMILES string of the molecule is COC(=O)CC/C=C/CCCCCl. The zero-order valence-electron chi connectivity index (χ0n) is 8.09. The molecule has 0 amide bonds. The fourth-order valence-corrected chi connectivity index (χ4v) is 1.08. The van der Waals surface area contributed by atoms with Crippen LogP contribution in [0.5, 0.6) is 0 Å². The van der Waals surface area contributed by atoms with Gasteiger partial charge in [0.05, 0.1) is 7.11 Å². The van der Waals surface area contributed by atoms with Crippen molar-refractivity contribution in [2.75, 3.05) is 13.0 Å². The maximum Gasteiger partial charge on any atom is 0.305 e. The lowest BCUT2D eigenvalue weighted by molar-refractivity contribution is -0.140. The van der Waals surface area contributed by atoms with Gasteiger partial charge in [0.2, 0.25) is 0 Å². The van der Waals surface area contributed by atoms with E-state index < -0.39 is 0 Å². The highest BCUT2D eigenvalue weighted by molar-refractivity contribution is 6.17. The number of hydrogen-bond donors (Lipinski definition) is 0. The van der Waals surface area contributed by atoms with Crippen LogP contribution in [0, 0.1) is 0 Å². The predicted molar refractivity (Wildman–Crippen MR) is 55.0 cm³/mol. The zero-order chi connectivity index (χ0) is 9.94. The number of allylic oxidation sites excluding steroid dienone is 2. The van der Waals surface area contributed by atoms with Crippen molar-refractivity contribution >= 4 is 17.6 Å². The first kappa shape index (κ1) is 12.5. The van der Waals surface area contributed by atoms with Gasteiger partial charge in [0.25, 0.3) is 0 Å². The van der Waals surface area contributed by atoms with Crippen molar-refractivity contribution in [2.45, 2.75) is 32.1 Å². The van der Waals surface area contributed by atoms with Gasteiger partial charge in [0.1, 0.15) is 0 Å². The molecule has 0 aliphatic rings. The largest absolute Gasteiger partial charge is 0.469 e. The van der Waals surface area contributed by atoms with Gasteiger partial charge in [-0.2, -0.15) is 0 Å². The second-order valence-corrected chi connectivity index (χ2v) is 3.15. The Bertz CT molecular complexity index is 155. The Hall–Kier alpha value is -0.500. The van der Waals surface area contributed by atoms with Crippen LogP contribution in [0.3, 0.4) is 0 Å². The minimum atomic E-state index is -0.148. The summed E-state index contributed by atoms with van der Waals surface area (Å²) in [6, 6.07) is 0. The normalized spacial score (nSPS) is 10.6. The number of esters is 1. The molecular weight excluding hydrogens is 188 g/mol. The van der Waals surface area contributed by atoms with Crippen molar-refractivity contribution in [3.05, 3.63) is 12.2 Å². The highest BCUT2D eigenvalue weighted by atomic mass is 35.5. The number of ether oxygens (including phenoxy) is 1. The van der Waals surface area contributed by atoms with Crippen molar-refractivity contribution in [1.82, 2.24) is 0 Å². The zero-order valence-corrected chi connectivity index (χ0v) is 8.85. The van der Waals surface area contributed by atoms with Crippen molar-refractivity contribution in [2.24, 2.45) is 0 Å². The fraction of sp³-hybridized carbons (Fsp3) is 0.700. The van der Waals surface area contributed by atoms with Gasteiger partial charge in [-0.05, 0) is 25.7 Å². The molecule has 0 aromatic heterocycles. The van der Waals surface area contributed by atoms with Gasteiger partial charge >= 0.3 is 5.97 Å². The molecule has 0 spiro atoms. The van der Waals surface area contributed by atoms with Crippen LogP contribution in [0.25, 0.3) is 0 Å². The van der Waals surface area contributed by atoms with Crippen LogP contribution in [0.4, 0.5) is 0 Å². The summed E-state index contributed by atoms with van der Waals surface area (Å²) in [5.41, 5.74) is 0. The molecule has 0 atom stereocenters. The van der Waals surface area contributed by atoms with Crippen molar-refractivity contribution in [3.63, 3.8) is 0 Å². The van der Waals surface area contributed by atoms with Gasteiger partial charge < -0.3 is 4.74 Å². The van der Waals surface area contributed by atoms with Crippen molar-refractivity contribution in [3.8, 4) is 0 Å². The number of unbranched alkanes of at least 4 members (excludes halogenated alkanes) is 2. The molecule has 0 N–H and O–H groups in total. The number of rotatable bonds is 7. The molecule has 3 heteroatoms. The molecule has 0 saturated heterocycles. The maximum atomic E-state index is 10.7. The highest BCUT2D eigenvalue weighted by Crippen LogP contribution is 2.00.